The van der Waals surface area contributed by atoms with Gasteiger partial charge in [-0.2, -0.15) is 0 Å². The van der Waals surface area contributed by atoms with Gasteiger partial charge >= 0.3 is 0 Å². The number of hydrogen-bond donors (Lipinski definition) is 1. The number of fused-ring (bicyclic) bond motifs is 1. The Bertz CT molecular complexity index is 1240. The van der Waals surface area contributed by atoms with E-state index in [4.69, 9.17) is 25.8 Å². The Labute approximate surface area is 191 Å². The zero-order chi connectivity index (χ0) is 22.5. The van der Waals surface area contributed by atoms with Crippen LogP contribution in [0.4, 0.5) is 5.69 Å². The normalized spacial score (nSPS) is 10.6. The number of rotatable bonds is 7. The molecule has 0 saturated heterocycles. The summed E-state index contributed by atoms with van der Waals surface area (Å²) in [4.78, 5) is 11.5. The Kier molecular flexibility index (Phi) is 6.47. The average molecular weight is 448 g/mol. The molecule has 0 spiro atoms. The largest absolute Gasteiger partial charge is 0.497 e. The minimum Gasteiger partial charge on any atom is -0.497 e. The maximum atomic E-state index is 11.5. The second-order valence-corrected chi connectivity index (χ2v) is 7.33. The fourth-order valence-electron chi connectivity index (χ4n) is 3.43. The quantitative estimate of drug-likeness (QED) is 0.329. The molecule has 0 aliphatic carbocycles. The van der Waals surface area contributed by atoms with E-state index < -0.39 is 0 Å². The van der Waals surface area contributed by atoms with E-state index in [1.54, 1.807) is 26.4 Å². The molecule has 0 atom stereocenters. The smallest absolute Gasteiger partial charge is 0.239 e. The van der Waals surface area contributed by atoms with Crippen molar-refractivity contribution in [3.8, 4) is 34.1 Å². The van der Waals surface area contributed by atoms with Crippen molar-refractivity contribution in [3.63, 3.8) is 0 Å². The SMILES string of the molecule is COc1ccc(-c2ccc3cc(OC)ccc3c2Oc2ccc(NC(=O)CCl)cc2)cc1. The van der Waals surface area contributed by atoms with Gasteiger partial charge in [-0.15, -0.1) is 11.6 Å². The molecule has 0 fully saturated rings. The number of methoxy groups -OCH3 is 2. The minimum absolute atomic E-state index is 0.0943. The van der Waals surface area contributed by atoms with E-state index in [9.17, 15) is 4.79 Å². The molecule has 6 heteroatoms. The first-order valence-electron chi connectivity index (χ1n) is 10.00. The first-order valence-corrected chi connectivity index (χ1v) is 10.5. The fourth-order valence-corrected chi connectivity index (χ4v) is 3.50. The fraction of sp³-hybridized carbons (Fsp3) is 0.115. The number of carbonyl (C=O) groups is 1. The standard InChI is InChI=1S/C26H22ClNO4/c1-30-20-8-3-17(4-9-20)23-13-5-18-15-22(31-2)12-14-24(18)26(23)32-21-10-6-19(7-11-21)28-25(29)16-27/h3-15H,16H2,1-2H3,(H,28,29). The minimum atomic E-state index is -0.259. The van der Waals surface area contributed by atoms with Gasteiger partial charge in [0.15, 0.2) is 0 Å². The Morgan fingerprint density at radius 3 is 2.12 bits per heavy atom. The third kappa shape index (κ3) is 4.63. The molecular weight excluding hydrogens is 426 g/mol. The number of hydrogen-bond acceptors (Lipinski definition) is 4. The number of anilines is 1. The van der Waals surface area contributed by atoms with Gasteiger partial charge in [-0.05, 0) is 71.6 Å². The molecule has 4 rings (SSSR count). The van der Waals surface area contributed by atoms with Crippen molar-refractivity contribution in [3.05, 3.63) is 78.9 Å². The Morgan fingerprint density at radius 2 is 1.47 bits per heavy atom. The molecule has 0 unspecified atom stereocenters. The highest BCUT2D eigenvalue weighted by atomic mass is 35.5. The van der Waals surface area contributed by atoms with E-state index in [0.29, 0.717) is 11.4 Å². The van der Waals surface area contributed by atoms with Gasteiger partial charge in [0, 0.05) is 16.6 Å². The van der Waals surface area contributed by atoms with Crippen molar-refractivity contribution in [1.82, 2.24) is 0 Å². The van der Waals surface area contributed by atoms with Crippen LogP contribution < -0.4 is 19.5 Å². The second kappa shape index (κ2) is 9.62. The van der Waals surface area contributed by atoms with Crippen LogP contribution in [0.15, 0.2) is 78.9 Å². The van der Waals surface area contributed by atoms with E-state index in [-0.39, 0.29) is 11.8 Å². The number of nitrogens with one attached hydrogen (secondary N) is 1. The third-order valence-electron chi connectivity index (χ3n) is 5.06. The summed E-state index contributed by atoms with van der Waals surface area (Å²) in [6.07, 6.45) is 0. The maximum Gasteiger partial charge on any atom is 0.239 e. The van der Waals surface area contributed by atoms with Gasteiger partial charge in [-0.3, -0.25) is 4.79 Å². The third-order valence-corrected chi connectivity index (χ3v) is 5.30. The van der Waals surface area contributed by atoms with Crippen LogP contribution in [-0.4, -0.2) is 26.0 Å². The van der Waals surface area contributed by atoms with Crippen LogP contribution in [0.3, 0.4) is 0 Å². The summed E-state index contributed by atoms with van der Waals surface area (Å²) in [5, 5.41) is 4.68. The number of halogens is 1. The van der Waals surface area contributed by atoms with E-state index >= 15 is 0 Å². The monoisotopic (exact) mass is 447 g/mol. The maximum absolute atomic E-state index is 11.5. The number of alkyl halides is 1. The molecule has 4 aromatic rings. The van der Waals surface area contributed by atoms with Gasteiger partial charge in [0.05, 0.1) is 14.2 Å². The summed E-state index contributed by atoms with van der Waals surface area (Å²) >= 11 is 5.56. The molecule has 162 valence electrons. The van der Waals surface area contributed by atoms with Gasteiger partial charge < -0.3 is 19.5 Å². The van der Waals surface area contributed by atoms with E-state index in [2.05, 4.69) is 11.4 Å². The van der Waals surface area contributed by atoms with Gasteiger partial charge in [-0.25, -0.2) is 0 Å². The van der Waals surface area contributed by atoms with Crippen LogP contribution in [-0.2, 0) is 4.79 Å². The Balaban J connectivity index is 1.76. The van der Waals surface area contributed by atoms with Crippen LogP contribution in [0.2, 0.25) is 0 Å². The average Bonchev–Trinajstić information content (AvgIpc) is 2.85. The first-order chi connectivity index (χ1) is 15.6. The zero-order valence-electron chi connectivity index (χ0n) is 17.7. The molecule has 32 heavy (non-hydrogen) atoms. The number of carbonyl (C=O) groups excluding carboxylic acids is 1. The summed E-state index contributed by atoms with van der Waals surface area (Å²) in [7, 11) is 3.29. The molecule has 1 amide bonds. The van der Waals surface area contributed by atoms with E-state index in [1.165, 1.54) is 0 Å². The van der Waals surface area contributed by atoms with Gasteiger partial charge in [-0.1, -0.05) is 18.2 Å². The van der Waals surface area contributed by atoms with E-state index in [1.807, 2.05) is 60.7 Å². The number of benzene rings is 4. The predicted molar refractivity (Wildman–Crippen MR) is 128 cm³/mol. The van der Waals surface area contributed by atoms with Crippen molar-refractivity contribution in [2.45, 2.75) is 0 Å². The topological polar surface area (TPSA) is 56.8 Å². The van der Waals surface area contributed by atoms with Crippen LogP contribution in [0.1, 0.15) is 0 Å². The Morgan fingerprint density at radius 1 is 0.812 bits per heavy atom. The lowest BCUT2D eigenvalue weighted by Gasteiger charge is -2.16. The van der Waals surface area contributed by atoms with Crippen LogP contribution in [0.5, 0.6) is 23.0 Å². The molecule has 0 aromatic heterocycles. The predicted octanol–water partition coefficient (Wildman–Crippen LogP) is 6.49. The summed E-state index contributed by atoms with van der Waals surface area (Å²) in [6.45, 7) is 0. The van der Waals surface area contributed by atoms with Gasteiger partial charge in [0.25, 0.3) is 0 Å². The highest BCUT2D eigenvalue weighted by Crippen LogP contribution is 2.41. The lowest BCUT2D eigenvalue weighted by atomic mass is 9.99. The zero-order valence-corrected chi connectivity index (χ0v) is 18.5. The summed E-state index contributed by atoms with van der Waals surface area (Å²) in [5.41, 5.74) is 2.61. The van der Waals surface area contributed by atoms with Crippen LogP contribution in [0.25, 0.3) is 21.9 Å². The number of ether oxygens (including phenoxy) is 3. The van der Waals surface area contributed by atoms with E-state index in [0.717, 1.165) is 39.1 Å². The second-order valence-electron chi connectivity index (χ2n) is 7.07. The van der Waals surface area contributed by atoms with Crippen molar-refractivity contribution in [1.29, 1.82) is 0 Å². The van der Waals surface area contributed by atoms with Crippen molar-refractivity contribution >= 4 is 34.0 Å². The highest BCUT2D eigenvalue weighted by Gasteiger charge is 2.14. The van der Waals surface area contributed by atoms with Crippen molar-refractivity contribution in [2.75, 3.05) is 25.4 Å². The summed E-state index contributed by atoms with van der Waals surface area (Å²) in [6, 6.07) is 25.0. The molecule has 0 aliphatic heterocycles. The van der Waals surface area contributed by atoms with Crippen LogP contribution >= 0.6 is 11.6 Å². The molecule has 0 heterocycles. The molecule has 0 saturated carbocycles. The lowest BCUT2D eigenvalue weighted by Crippen LogP contribution is -2.12. The van der Waals surface area contributed by atoms with Crippen LogP contribution in [0, 0.1) is 0 Å². The molecular formula is C26H22ClNO4. The van der Waals surface area contributed by atoms with Gasteiger partial charge in [0.2, 0.25) is 5.91 Å². The Hall–Kier alpha value is -3.70. The molecule has 4 aromatic carbocycles. The summed E-state index contributed by atoms with van der Waals surface area (Å²) in [5.74, 6) is 2.59. The molecule has 5 nitrogen and oxygen atoms in total. The summed E-state index contributed by atoms with van der Waals surface area (Å²) < 4.78 is 17.0. The van der Waals surface area contributed by atoms with Crippen molar-refractivity contribution < 1.29 is 19.0 Å². The van der Waals surface area contributed by atoms with Crippen molar-refractivity contribution in [2.24, 2.45) is 0 Å². The lowest BCUT2D eigenvalue weighted by molar-refractivity contribution is -0.113. The highest BCUT2D eigenvalue weighted by molar-refractivity contribution is 6.29. The first kappa shape index (κ1) is 21.5. The molecule has 0 aliphatic rings. The molecule has 0 bridgehead atoms. The number of amides is 1. The molecule has 0 radical (unpaired) electrons. The van der Waals surface area contributed by atoms with Gasteiger partial charge in [0.1, 0.15) is 28.9 Å². The molecule has 1 N–H and O–H groups in total.